The second-order valence-corrected chi connectivity index (χ2v) is 7.20. The zero-order chi connectivity index (χ0) is 21.3. The van der Waals surface area contributed by atoms with Crippen molar-refractivity contribution < 1.29 is 23.9 Å². The predicted octanol–water partition coefficient (Wildman–Crippen LogP) is 3.12. The predicted molar refractivity (Wildman–Crippen MR) is 107 cm³/mol. The van der Waals surface area contributed by atoms with E-state index in [4.69, 9.17) is 16.3 Å². The lowest BCUT2D eigenvalue weighted by molar-refractivity contribution is -0.150. The number of imide groups is 1. The molecule has 1 unspecified atom stereocenters. The van der Waals surface area contributed by atoms with E-state index in [9.17, 15) is 19.2 Å². The molecule has 1 heterocycles. The van der Waals surface area contributed by atoms with Crippen molar-refractivity contribution in [3.8, 4) is 0 Å². The number of rotatable bonds is 5. The lowest BCUT2D eigenvalue weighted by atomic mass is 10.1. The van der Waals surface area contributed by atoms with Gasteiger partial charge in [0, 0.05) is 0 Å². The van der Waals surface area contributed by atoms with Crippen LogP contribution in [0.3, 0.4) is 0 Å². The largest absolute Gasteiger partial charge is 0.454 e. The van der Waals surface area contributed by atoms with Crippen molar-refractivity contribution in [2.75, 3.05) is 11.9 Å². The Morgan fingerprint density at radius 1 is 1.10 bits per heavy atom. The number of nitrogens with zero attached hydrogens (tertiary/aromatic N) is 1. The van der Waals surface area contributed by atoms with Crippen LogP contribution in [-0.2, 0) is 14.3 Å². The normalized spacial score (nSPS) is 13.9. The van der Waals surface area contributed by atoms with Crippen molar-refractivity contribution in [2.45, 2.75) is 26.8 Å². The van der Waals surface area contributed by atoms with E-state index in [0.29, 0.717) is 10.7 Å². The summed E-state index contributed by atoms with van der Waals surface area (Å²) in [4.78, 5) is 50.2. The fourth-order valence-corrected chi connectivity index (χ4v) is 3.54. The topological polar surface area (TPSA) is 92.8 Å². The van der Waals surface area contributed by atoms with Gasteiger partial charge in [-0.05, 0) is 50.1 Å². The molecule has 29 heavy (non-hydrogen) atoms. The maximum Gasteiger partial charge on any atom is 0.329 e. The molecule has 7 nitrogen and oxygen atoms in total. The Kier molecular flexibility index (Phi) is 5.70. The molecule has 3 amide bonds. The molecule has 8 heteroatoms. The summed E-state index contributed by atoms with van der Waals surface area (Å²) in [5.41, 5.74) is 2.63. The van der Waals surface area contributed by atoms with Crippen LogP contribution in [0.1, 0.15) is 38.8 Å². The molecule has 2 aromatic carbocycles. The highest BCUT2D eigenvalue weighted by atomic mass is 35.5. The Morgan fingerprint density at radius 2 is 1.69 bits per heavy atom. The minimum absolute atomic E-state index is 0.236. The van der Waals surface area contributed by atoms with Gasteiger partial charge in [0.2, 0.25) is 0 Å². The minimum atomic E-state index is -1.17. The second-order valence-electron chi connectivity index (χ2n) is 6.80. The van der Waals surface area contributed by atoms with Crippen molar-refractivity contribution in [2.24, 2.45) is 0 Å². The molecule has 3 rings (SSSR count). The summed E-state index contributed by atoms with van der Waals surface area (Å²) in [6, 6.07) is 8.72. The van der Waals surface area contributed by atoms with E-state index in [1.165, 1.54) is 19.1 Å². The number of aryl methyl sites for hydroxylation is 2. The molecule has 1 atom stereocenters. The molecular formula is C21H19ClN2O5. The highest BCUT2D eigenvalue weighted by molar-refractivity contribution is 6.34. The number of nitrogens with one attached hydrogen (secondary N) is 1. The minimum Gasteiger partial charge on any atom is -0.454 e. The molecule has 0 fully saturated rings. The number of hydrogen-bond acceptors (Lipinski definition) is 5. The number of ether oxygens (including phenoxy) is 1. The van der Waals surface area contributed by atoms with Gasteiger partial charge in [-0.1, -0.05) is 29.8 Å². The highest BCUT2D eigenvalue weighted by Gasteiger charge is 2.41. The molecule has 0 saturated heterocycles. The van der Waals surface area contributed by atoms with Gasteiger partial charge in [-0.15, -0.1) is 0 Å². The average Bonchev–Trinajstić information content (AvgIpc) is 2.93. The standard InChI is InChI=1S/C21H19ClN2O5/c1-11-8-12(2)18(16(22)9-11)23-17(25)10-29-21(28)13(3)24-19(26)14-6-4-5-7-15(14)20(24)27/h4-9,13H,10H2,1-3H3,(H,23,25). The number of benzene rings is 2. The van der Waals surface area contributed by atoms with Gasteiger partial charge < -0.3 is 10.1 Å². The fourth-order valence-electron chi connectivity index (χ4n) is 3.17. The molecule has 1 aliphatic rings. The van der Waals surface area contributed by atoms with Gasteiger partial charge in [-0.2, -0.15) is 0 Å². The molecule has 0 bridgehead atoms. The number of amides is 3. The van der Waals surface area contributed by atoms with Crippen LogP contribution in [0, 0.1) is 13.8 Å². The Bertz CT molecular complexity index is 975. The summed E-state index contributed by atoms with van der Waals surface area (Å²) in [6.07, 6.45) is 0. The SMILES string of the molecule is Cc1cc(C)c(NC(=O)COC(=O)C(C)N2C(=O)c3ccccc3C2=O)c(Cl)c1. The zero-order valence-corrected chi connectivity index (χ0v) is 16.9. The van der Waals surface area contributed by atoms with Crippen LogP contribution in [0.15, 0.2) is 36.4 Å². The van der Waals surface area contributed by atoms with Gasteiger partial charge in [0.05, 0.1) is 21.8 Å². The van der Waals surface area contributed by atoms with E-state index in [1.807, 2.05) is 13.0 Å². The van der Waals surface area contributed by atoms with Gasteiger partial charge in [-0.25, -0.2) is 4.79 Å². The molecule has 1 N–H and O–H groups in total. The third-order valence-electron chi connectivity index (χ3n) is 4.60. The van der Waals surface area contributed by atoms with E-state index in [1.54, 1.807) is 25.1 Å². The van der Waals surface area contributed by atoms with E-state index < -0.39 is 36.3 Å². The summed E-state index contributed by atoms with van der Waals surface area (Å²) in [5, 5.41) is 2.98. The molecule has 0 radical (unpaired) electrons. The van der Waals surface area contributed by atoms with Crippen LogP contribution in [0.25, 0.3) is 0 Å². The van der Waals surface area contributed by atoms with Gasteiger partial charge in [-0.3, -0.25) is 19.3 Å². The Morgan fingerprint density at radius 3 is 2.24 bits per heavy atom. The number of anilines is 1. The molecule has 0 aliphatic carbocycles. The molecule has 2 aromatic rings. The van der Waals surface area contributed by atoms with Gasteiger partial charge in [0.25, 0.3) is 17.7 Å². The quantitative estimate of drug-likeness (QED) is 0.599. The summed E-state index contributed by atoms with van der Waals surface area (Å²) >= 11 is 6.15. The van der Waals surface area contributed by atoms with Crippen molar-refractivity contribution in [3.05, 3.63) is 63.7 Å². The van der Waals surface area contributed by atoms with E-state index in [2.05, 4.69) is 5.32 Å². The molecule has 150 valence electrons. The fraction of sp³-hybridized carbons (Fsp3) is 0.238. The van der Waals surface area contributed by atoms with Crippen LogP contribution in [-0.4, -0.2) is 41.2 Å². The highest BCUT2D eigenvalue weighted by Crippen LogP contribution is 2.27. The molecule has 0 aromatic heterocycles. The first-order chi connectivity index (χ1) is 13.7. The van der Waals surface area contributed by atoms with Gasteiger partial charge >= 0.3 is 5.97 Å². The maximum absolute atomic E-state index is 12.4. The van der Waals surface area contributed by atoms with Crippen molar-refractivity contribution in [1.82, 2.24) is 4.90 Å². The number of hydrogen-bond donors (Lipinski definition) is 1. The first-order valence-electron chi connectivity index (χ1n) is 8.91. The Hall–Kier alpha value is -3.19. The monoisotopic (exact) mass is 414 g/mol. The average molecular weight is 415 g/mol. The van der Waals surface area contributed by atoms with Crippen LogP contribution in [0.5, 0.6) is 0 Å². The van der Waals surface area contributed by atoms with Crippen LogP contribution < -0.4 is 5.32 Å². The summed E-state index contributed by atoms with van der Waals surface area (Å²) < 4.78 is 5.01. The Labute approximate surface area is 172 Å². The summed E-state index contributed by atoms with van der Waals surface area (Å²) in [5.74, 6) is -2.58. The van der Waals surface area contributed by atoms with E-state index >= 15 is 0 Å². The second kappa shape index (κ2) is 8.05. The first kappa shape index (κ1) is 20.5. The third-order valence-corrected chi connectivity index (χ3v) is 4.89. The lowest BCUT2D eigenvalue weighted by Gasteiger charge is -2.20. The zero-order valence-electron chi connectivity index (χ0n) is 16.1. The Balaban J connectivity index is 1.62. The van der Waals surface area contributed by atoms with Gasteiger partial charge in [0.1, 0.15) is 6.04 Å². The van der Waals surface area contributed by atoms with Crippen LogP contribution >= 0.6 is 11.6 Å². The molecule has 1 aliphatic heterocycles. The molecule has 0 saturated carbocycles. The van der Waals surface area contributed by atoms with Crippen LogP contribution in [0.2, 0.25) is 5.02 Å². The van der Waals surface area contributed by atoms with Crippen molar-refractivity contribution >= 4 is 41.0 Å². The number of halogens is 1. The number of carbonyl (C=O) groups excluding carboxylic acids is 4. The van der Waals surface area contributed by atoms with Crippen molar-refractivity contribution in [1.29, 1.82) is 0 Å². The molecular weight excluding hydrogens is 396 g/mol. The number of carbonyl (C=O) groups is 4. The first-order valence-corrected chi connectivity index (χ1v) is 9.28. The van der Waals surface area contributed by atoms with Crippen molar-refractivity contribution in [3.63, 3.8) is 0 Å². The lowest BCUT2D eigenvalue weighted by Crippen LogP contribution is -2.44. The van der Waals surface area contributed by atoms with Gasteiger partial charge in [0.15, 0.2) is 6.61 Å². The summed E-state index contributed by atoms with van der Waals surface area (Å²) in [7, 11) is 0. The number of fused-ring (bicyclic) bond motifs is 1. The van der Waals surface area contributed by atoms with E-state index in [-0.39, 0.29) is 11.1 Å². The molecule has 0 spiro atoms. The smallest absolute Gasteiger partial charge is 0.329 e. The number of esters is 1. The van der Waals surface area contributed by atoms with E-state index in [0.717, 1.165) is 16.0 Å². The third kappa shape index (κ3) is 4.00. The van der Waals surface area contributed by atoms with Crippen LogP contribution in [0.4, 0.5) is 5.69 Å². The summed E-state index contributed by atoms with van der Waals surface area (Å²) in [6.45, 7) is 4.48. The maximum atomic E-state index is 12.4.